The molecule has 1 aliphatic rings. The van der Waals surface area contributed by atoms with E-state index < -0.39 is 0 Å². The first-order valence-electron chi connectivity index (χ1n) is 5.23. The van der Waals surface area contributed by atoms with Crippen LogP contribution in [0.5, 0.6) is 5.88 Å². The van der Waals surface area contributed by atoms with Gasteiger partial charge in [-0.25, -0.2) is 4.98 Å². The summed E-state index contributed by atoms with van der Waals surface area (Å²) in [6, 6.07) is 4.53. The largest absolute Gasteiger partial charge is 0.475 e. The van der Waals surface area contributed by atoms with E-state index in [1.807, 2.05) is 12.1 Å². The number of aromatic nitrogens is 1. The molecule has 0 amide bonds. The van der Waals surface area contributed by atoms with Gasteiger partial charge < -0.3 is 14.8 Å². The van der Waals surface area contributed by atoms with Crippen LogP contribution in [0.25, 0.3) is 0 Å². The lowest BCUT2D eigenvalue weighted by Crippen LogP contribution is -2.06. The Morgan fingerprint density at radius 3 is 2.87 bits per heavy atom. The van der Waals surface area contributed by atoms with E-state index in [2.05, 4.69) is 10.3 Å². The molecule has 1 aliphatic carbocycles. The van der Waals surface area contributed by atoms with Crippen molar-refractivity contribution in [2.45, 2.75) is 18.9 Å². The average molecular weight is 208 g/mol. The number of nitrogens with zero attached hydrogens (tertiary/aromatic N) is 1. The maximum Gasteiger partial charge on any atom is 0.213 e. The van der Waals surface area contributed by atoms with E-state index in [1.165, 1.54) is 12.8 Å². The molecule has 1 fully saturated rings. The van der Waals surface area contributed by atoms with Crippen LogP contribution in [0, 0.1) is 0 Å². The molecule has 1 heterocycles. The SMILES string of the molecule is COCCOc1ccc(NC2CC2)cn1. The van der Waals surface area contributed by atoms with Gasteiger partial charge in [0.25, 0.3) is 0 Å². The lowest BCUT2D eigenvalue weighted by Gasteiger charge is -2.06. The van der Waals surface area contributed by atoms with Crippen LogP contribution < -0.4 is 10.1 Å². The first kappa shape index (κ1) is 10.2. The summed E-state index contributed by atoms with van der Waals surface area (Å²) in [4.78, 5) is 4.19. The molecule has 1 saturated carbocycles. The van der Waals surface area contributed by atoms with Crippen molar-refractivity contribution in [3.63, 3.8) is 0 Å². The maximum atomic E-state index is 5.36. The molecule has 0 radical (unpaired) electrons. The van der Waals surface area contributed by atoms with Crippen molar-refractivity contribution in [2.75, 3.05) is 25.6 Å². The third-order valence-corrected chi connectivity index (χ3v) is 2.22. The quantitative estimate of drug-likeness (QED) is 0.722. The molecule has 0 aliphatic heterocycles. The van der Waals surface area contributed by atoms with Crippen LogP contribution in [0.4, 0.5) is 5.69 Å². The topological polar surface area (TPSA) is 43.4 Å². The minimum absolute atomic E-state index is 0.541. The smallest absolute Gasteiger partial charge is 0.213 e. The van der Waals surface area contributed by atoms with Crippen molar-refractivity contribution in [3.8, 4) is 5.88 Å². The first-order valence-corrected chi connectivity index (χ1v) is 5.23. The highest BCUT2D eigenvalue weighted by Gasteiger charge is 2.20. The molecular weight excluding hydrogens is 192 g/mol. The van der Waals surface area contributed by atoms with E-state index in [4.69, 9.17) is 9.47 Å². The fraction of sp³-hybridized carbons (Fsp3) is 0.545. The summed E-state index contributed by atoms with van der Waals surface area (Å²) in [5.41, 5.74) is 1.07. The lowest BCUT2D eigenvalue weighted by molar-refractivity contribution is 0.144. The van der Waals surface area contributed by atoms with Crippen LogP contribution in [-0.4, -0.2) is 31.3 Å². The van der Waals surface area contributed by atoms with Crippen LogP contribution >= 0.6 is 0 Å². The maximum absolute atomic E-state index is 5.36. The van der Waals surface area contributed by atoms with Crippen LogP contribution in [-0.2, 0) is 4.74 Å². The van der Waals surface area contributed by atoms with Gasteiger partial charge in [-0.15, -0.1) is 0 Å². The van der Waals surface area contributed by atoms with Crippen molar-refractivity contribution in [1.82, 2.24) is 4.98 Å². The Labute approximate surface area is 89.6 Å². The predicted octanol–water partition coefficient (Wildman–Crippen LogP) is 1.68. The summed E-state index contributed by atoms with van der Waals surface area (Å²) in [7, 11) is 1.65. The van der Waals surface area contributed by atoms with Crippen molar-refractivity contribution < 1.29 is 9.47 Å². The van der Waals surface area contributed by atoms with Gasteiger partial charge in [-0.1, -0.05) is 0 Å². The normalized spacial score (nSPS) is 15.0. The van der Waals surface area contributed by atoms with Gasteiger partial charge in [-0.2, -0.15) is 0 Å². The summed E-state index contributed by atoms with van der Waals surface area (Å²) in [6.45, 7) is 1.13. The number of rotatable bonds is 6. The number of hydrogen-bond donors (Lipinski definition) is 1. The highest BCUT2D eigenvalue weighted by molar-refractivity contribution is 5.43. The monoisotopic (exact) mass is 208 g/mol. The second-order valence-corrected chi connectivity index (χ2v) is 3.64. The zero-order valence-corrected chi connectivity index (χ0v) is 8.90. The van der Waals surface area contributed by atoms with Gasteiger partial charge in [0.15, 0.2) is 0 Å². The Bertz CT molecular complexity index is 296. The summed E-state index contributed by atoms with van der Waals surface area (Å²) in [6.07, 6.45) is 4.35. The molecule has 4 heteroatoms. The Hall–Kier alpha value is -1.29. The zero-order valence-electron chi connectivity index (χ0n) is 8.90. The second-order valence-electron chi connectivity index (χ2n) is 3.64. The lowest BCUT2D eigenvalue weighted by atomic mass is 10.4. The van der Waals surface area contributed by atoms with Crippen molar-refractivity contribution in [2.24, 2.45) is 0 Å². The molecule has 0 spiro atoms. The molecule has 0 atom stereocenters. The summed E-state index contributed by atoms with van der Waals surface area (Å²) < 4.78 is 10.2. The molecular formula is C11H16N2O2. The number of nitrogens with one attached hydrogen (secondary N) is 1. The average Bonchev–Trinajstić information content (AvgIpc) is 3.05. The van der Waals surface area contributed by atoms with Crippen LogP contribution in [0.15, 0.2) is 18.3 Å². The van der Waals surface area contributed by atoms with E-state index in [1.54, 1.807) is 13.3 Å². The fourth-order valence-electron chi connectivity index (χ4n) is 1.24. The minimum Gasteiger partial charge on any atom is -0.475 e. The van der Waals surface area contributed by atoms with Crippen molar-refractivity contribution >= 4 is 5.69 Å². The van der Waals surface area contributed by atoms with Gasteiger partial charge in [0.1, 0.15) is 6.61 Å². The molecule has 0 aromatic carbocycles. The fourth-order valence-corrected chi connectivity index (χ4v) is 1.24. The van der Waals surface area contributed by atoms with Gasteiger partial charge in [0.05, 0.1) is 18.5 Å². The number of anilines is 1. The Morgan fingerprint density at radius 1 is 1.40 bits per heavy atom. The Morgan fingerprint density at radius 2 is 2.27 bits per heavy atom. The van der Waals surface area contributed by atoms with E-state index in [-0.39, 0.29) is 0 Å². The third-order valence-electron chi connectivity index (χ3n) is 2.22. The molecule has 0 unspecified atom stereocenters. The number of ether oxygens (including phenoxy) is 2. The Balaban J connectivity index is 1.80. The summed E-state index contributed by atoms with van der Waals surface area (Å²) in [5.74, 6) is 0.647. The summed E-state index contributed by atoms with van der Waals surface area (Å²) in [5, 5.41) is 3.37. The van der Waals surface area contributed by atoms with Crippen molar-refractivity contribution in [1.29, 1.82) is 0 Å². The molecule has 4 nitrogen and oxygen atoms in total. The number of methoxy groups -OCH3 is 1. The first-order chi connectivity index (χ1) is 7.38. The molecule has 1 aromatic heterocycles. The standard InChI is InChI=1S/C11H16N2O2/c1-14-6-7-15-11-5-4-10(8-12-11)13-9-2-3-9/h4-5,8-9,13H,2-3,6-7H2,1H3. The van der Waals surface area contributed by atoms with E-state index in [0.29, 0.717) is 25.1 Å². The molecule has 2 rings (SSSR count). The zero-order chi connectivity index (χ0) is 10.5. The molecule has 0 bridgehead atoms. The molecule has 1 N–H and O–H groups in total. The van der Waals surface area contributed by atoms with Gasteiger partial charge in [-0.05, 0) is 18.9 Å². The van der Waals surface area contributed by atoms with Crippen molar-refractivity contribution in [3.05, 3.63) is 18.3 Å². The van der Waals surface area contributed by atoms with Crippen LogP contribution in [0.1, 0.15) is 12.8 Å². The highest BCUT2D eigenvalue weighted by Crippen LogP contribution is 2.24. The van der Waals surface area contributed by atoms with E-state index in [0.717, 1.165) is 5.69 Å². The number of hydrogen-bond acceptors (Lipinski definition) is 4. The third kappa shape index (κ3) is 3.40. The van der Waals surface area contributed by atoms with Gasteiger partial charge in [0, 0.05) is 19.2 Å². The minimum atomic E-state index is 0.541. The molecule has 1 aromatic rings. The van der Waals surface area contributed by atoms with Crippen LogP contribution in [0.2, 0.25) is 0 Å². The Kier molecular flexibility index (Phi) is 3.40. The summed E-state index contributed by atoms with van der Waals surface area (Å²) >= 11 is 0. The van der Waals surface area contributed by atoms with Gasteiger partial charge in [-0.3, -0.25) is 0 Å². The number of pyridine rings is 1. The highest BCUT2D eigenvalue weighted by atomic mass is 16.5. The second kappa shape index (κ2) is 4.98. The predicted molar refractivity (Wildman–Crippen MR) is 58.3 cm³/mol. The van der Waals surface area contributed by atoms with Crippen LogP contribution in [0.3, 0.4) is 0 Å². The van der Waals surface area contributed by atoms with E-state index in [9.17, 15) is 0 Å². The molecule has 15 heavy (non-hydrogen) atoms. The molecule has 82 valence electrons. The van der Waals surface area contributed by atoms with Gasteiger partial charge in [0.2, 0.25) is 5.88 Å². The van der Waals surface area contributed by atoms with E-state index >= 15 is 0 Å². The van der Waals surface area contributed by atoms with Gasteiger partial charge >= 0.3 is 0 Å². The molecule has 0 saturated heterocycles.